The van der Waals surface area contributed by atoms with Crippen molar-refractivity contribution in [1.29, 1.82) is 0 Å². The summed E-state index contributed by atoms with van der Waals surface area (Å²) in [5.74, 6) is 0. The van der Waals surface area contributed by atoms with E-state index in [0.29, 0.717) is 11.7 Å². The molecule has 2 aromatic carbocycles. The number of halogens is 1. The zero-order valence-electron chi connectivity index (χ0n) is 13.1. The van der Waals surface area contributed by atoms with Crippen LogP contribution < -0.4 is 10.6 Å². The third-order valence-corrected chi connectivity index (χ3v) is 4.13. The molecule has 22 heavy (non-hydrogen) atoms. The summed E-state index contributed by atoms with van der Waals surface area (Å²) in [6.45, 7) is 7.03. The largest absolute Gasteiger partial charge is 0.359 e. The summed E-state index contributed by atoms with van der Waals surface area (Å²) in [4.78, 5) is 0. The third-order valence-electron chi connectivity index (χ3n) is 3.62. The number of benzene rings is 2. The van der Waals surface area contributed by atoms with Crippen molar-refractivity contribution in [3.63, 3.8) is 0 Å². The van der Waals surface area contributed by atoms with E-state index in [-0.39, 0.29) is 6.04 Å². The van der Waals surface area contributed by atoms with Gasteiger partial charge in [-0.2, -0.15) is 0 Å². The second kappa shape index (κ2) is 7.61. The van der Waals surface area contributed by atoms with Crippen molar-refractivity contribution in [2.45, 2.75) is 33.4 Å². The monoisotopic (exact) mass is 332 g/mol. The minimum atomic E-state index is 0.171. The van der Waals surface area contributed by atoms with Crippen molar-refractivity contribution in [1.82, 2.24) is 10.6 Å². The fourth-order valence-corrected chi connectivity index (χ4v) is 2.71. The average Bonchev–Trinajstić information content (AvgIpc) is 2.49. The van der Waals surface area contributed by atoms with E-state index in [2.05, 4.69) is 49.6 Å². The van der Waals surface area contributed by atoms with Gasteiger partial charge in [-0.15, -0.1) is 0 Å². The Balaban J connectivity index is 1.91. The zero-order chi connectivity index (χ0) is 16.1. The first-order valence-corrected chi connectivity index (χ1v) is 8.10. The van der Waals surface area contributed by atoms with Gasteiger partial charge in [0.05, 0.1) is 6.04 Å². The average molecular weight is 333 g/mol. The molecule has 0 bridgehead atoms. The SMILES string of the molecule is Cc1ccc(C)c([C@@H](C)NC(=S)NCc2ccc(Cl)cc2)c1. The first kappa shape index (κ1) is 16.8. The van der Waals surface area contributed by atoms with Crippen molar-refractivity contribution in [2.75, 3.05) is 0 Å². The molecule has 116 valence electrons. The molecule has 0 unspecified atom stereocenters. The highest BCUT2D eigenvalue weighted by Gasteiger charge is 2.09. The van der Waals surface area contributed by atoms with Crippen LogP contribution in [0.4, 0.5) is 0 Å². The minimum absolute atomic E-state index is 0.171. The van der Waals surface area contributed by atoms with Gasteiger partial charge in [-0.25, -0.2) is 0 Å². The minimum Gasteiger partial charge on any atom is -0.359 e. The fourth-order valence-electron chi connectivity index (χ4n) is 2.34. The Bertz CT molecular complexity index is 653. The molecule has 0 aromatic heterocycles. The zero-order valence-corrected chi connectivity index (χ0v) is 14.7. The van der Waals surface area contributed by atoms with Crippen molar-refractivity contribution in [3.05, 3.63) is 69.7 Å². The van der Waals surface area contributed by atoms with Gasteiger partial charge in [0.25, 0.3) is 0 Å². The van der Waals surface area contributed by atoms with Gasteiger partial charge in [0, 0.05) is 11.6 Å². The lowest BCUT2D eigenvalue weighted by molar-refractivity contribution is 0.693. The first-order valence-electron chi connectivity index (χ1n) is 7.31. The lowest BCUT2D eigenvalue weighted by Crippen LogP contribution is -2.36. The third kappa shape index (κ3) is 4.72. The topological polar surface area (TPSA) is 24.1 Å². The standard InChI is InChI=1S/C18H21ClN2S/c1-12-4-5-13(2)17(10-12)14(3)21-18(22)20-11-15-6-8-16(19)9-7-15/h4-10,14H,11H2,1-3H3,(H2,20,21,22)/t14-/m1/s1. The van der Waals surface area contributed by atoms with E-state index in [9.17, 15) is 0 Å². The molecule has 0 amide bonds. The summed E-state index contributed by atoms with van der Waals surface area (Å²) >= 11 is 11.3. The smallest absolute Gasteiger partial charge is 0.167 e. The Morgan fingerprint density at radius 2 is 1.82 bits per heavy atom. The van der Waals surface area contributed by atoms with Crippen LogP contribution >= 0.6 is 23.8 Å². The van der Waals surface area contributed by atoms with Gasteiger partial charge in [0.2, 0.25) is 0 Å². The Labute approximate surface area is 142 Å². The van der Waals surface area contributed by atoms with Gasteiger partial charge in [0.1, 0.15) is 0 Å². The second-order valence-corrected chi connectivity index (χ2v) is 6.38. The molecule has 0 heterocycles. The molecular weight excluding hydrogens is 312 g/mol. The quantitative estimate of drug-likeness (QED) is 0.795. The first-order chi connectivity index (χ1) is 10.5. The van der Waals surface area contributed by atoms with Crippen molar-refractivity contribution >= 4 is 28.9 Å². The van der Waals surface area contributed by atoms with Crippen LogP contribution in [-0.2, 0) is 6.54 Å². The van der Waals surface area contributed by atoms with Gasteiger partial charge < -0.3 is 10.6 Å². The van der Waals surface area contributed by atoms with Gasteiger partial charge in [-0.05, 0) is 61.8 Å². The van der Waals surface area contributed by atoms with E-state index in [0.717, 1.165) is 10.6 Å². The summed E-state index contributed by atoms with van der Waals surface area (Å²) in [5.41, 5.74) is 4.95. The lowest BCUT2D eigenvalue weighted by atomic mass is 10.0. The van der Waals surface area contributed by atoms with E-state index in [1.54, 1.807) is 0 Å². The van der Waals surface area contributed by atoms with E-state index in [4.69, 9.17) is 23.8 Å². The molecule has 4 heteroatoms. The Morgan fingerprint density at radius 3 is 2.50 bits per heavy atom. The number of rotatable bonds is 4. The van der Waals surface area contributed by atoms with Crippen LogP contribution in [0.1, 0.15) is 35.2 Å². The van der Waals surface area contributed by atoms with Gasteiger partial charge in [0.15, 0.2) is 5.11 Å². The molecule has 0 saturated carbocycles. The van der Waals surface area contributed by atoms with Crippen molar-refractivity contribution in [3.8, 4) is 0 Å². The fraction of sp³-hybridized carbons (Fsp3) is 0.278. The molecule has 2 nitrogen and oxygen atoms in total. The predicted octanol–water partition coefficient (Wildman–Crippen LogP) is 4.68. The molecule has 0 spiro atoms. The van der Waals surface area contributed by atoms with Gasteiger partial charge in [-0.1, -0.05) is 47.5 Å². The maximum atomic E-state index is 5.88. The Hall–Kier alpha value is -1.58. The Morgan fingerprint density at radius 1 is 1.14 bits per heavy atom. The maximum absolute atomic E-state index is 5.88. The van der Waals surface area contributed by atoms with E-state index in [1.165, 1.54) is 16.7 Å². The van der Waals surface area contributed by atoms with E-state index < -0.39 is 0 Å². The molecule has 0 fully saturated rings. The van der Waals surface area contributed by atoms with Crippen LogP contribution in [0.25, 0.3) is 0 Å². The number of thiocarbonyl (C=S) groups is 1. The summed E-state index contributed by atoms with van der Waals surface area (Å²) in [7, 11) is 0. The molecule has 2 N–H and O–H groups in total. The summed E-state index contributed by atoms with van der Waals surface area (Å²) < 4.78 is 0. The van der Waals surface area contributed by atoms with Crippen LogP contribution in [0.15, 0.2) is 42.5 Å². The van der Waals surface area contributed by atoms with E-state index in [1.807, 2.05) is 24.3 Å². The molecule has 0 aliphatic rings. The summed E-state index contributed by atoms with van der Waals surface area (Å²) in [6.07, 6.45) is 0. The number of aryl methyl sites for hydroxylation is 2. The molecular formula is C18H21ClN2S. The molecule has 2 aromatic rings. The summed E-state index contributed by atoms with van der Waals surface area (Å²) in [6, 6.07) is 14.4. The number of nitrogens with one attached hydrogen (secondary N) is 2. The van der Waals surface area contributed by atoms with Crippen LogP contribution in [0.2, 0.25) is 5.02 Å². The van der Waals surface area contributed by atoms with Crippen LogP contribution in [0.3, 0.4) is 0 Å². The van der Waals surface area contributed by atoms with Crippen LogP contribution in [0.5, 0.6) is 0 Å². The summed E-state index contributed by atoms with van der Waals surface area (Å²) in [5, 5.41) is 7.97. The molecule has 0 saturated heterocycles. The highest BCUT2D eigenvalue weighted by atomic mass is 35.5. The van der Waals surface area contributed by atoms with E-state index >= 15 is 0 Å². The number of hydrogen-bond acceptors (Lipinski definition) is 1. The van der Waals surface area contributed by atoms with Crippen LogP contribution in [0, 0.1) is 13.8 Å². The second-order valence-electron chi connectivity index (χ2n) is 5.54. The van der Waals surface area contributed by atoms with Crippen molar-refractivity contribution in [2.24, 2.45) is 0 Å². The molecule has 1 atom stereocenters. The highest BCUT2D eigenvalue weighted by molar-refractivity contribution is 7.80. The molecule has 0 radical (unpaired) electrons. The lowest BCUT2D eigenvalue weighted by Gasteiger charge is -2.19. The molecule has 2 rings (SSSR count). The van der Waals surface area contributed by atoms with Gasteiger partial charge >= 0.3 is 0 Å². The van der Waals surface area contributed by atoms with Crippen LogP contribution in [-0.4, -0.2) is 5.11 Å². The highest BCUT2D eigenvalue weighted by Crippen LogP contribution is 2.18. The predicted molar refractivity (Wildman–Crippen MR) is 98.4 cm³/mol. The van der Waals surface area contributed by atoms with Crippen molar-refractivity contribution < 1.29 is 0 Å². The maximum Gasteiger partial charge on any atom is 0.167 e. The Kier molecular flexibility index (Phi) is 5.81. The molecule has 0 aliphatic carbocycles. The normalized spacial score (nSPS) is 11.8. The molecule has 0 aliphatic heterocycles. The van der Waals surface area contributed by atoms with Gasteiger partial charge in [-0.3, -0.25) is 0 Å². The number of hydrogen-bond donors (Lipinski definition) is 2.